The molecule has 3 aromatic carbocycles. The molecule has 128 valence electrons. The van der Waals surface area contributed by atoms with Crippen molar-refractivity contribution in [3.63, 3.8) is 0 Å². The molecule has 0 spiro atoms. The Morgan fingerprint density at radius 1 is 0.960 bits per heavy atom. The summed E-state index contributed by atoms with van der Waals surface area (Å²) in [6, 6.07) is 22.9. The van der Waals surface area contributed by atoms with Gasteiger partial charge in [0.05, 0.1) is 0 Å². The number of rotatable bonds is 4. The number of carbonyl (C=O) groups excluding carboxylic acids is 1. The Morgan fingerprint density at radius 3 is 2.28 bits per heavy atom. The van der Waals surface area contributed by atoms with Crippen molar-refractivity contribution in [2.75, 3.05) is 7.05 Å². The van der Waals surface area contributed by atoms with Crippen LogP contribution in [0.4, 0.5) is 0 Å². The molecule has 25 heavy (non-hydrogen) atoms. The summed E-state index contributed by atoms with van der Waals surface area (Å²) in [7, 11) is 2.06. The van der Waals surface area contributed by atoms with Crippen molar-refractivity contribution in [2.24, 2.45) is 0 Å². The summed E-state index contributed by atoms with van der Waals surface area (Å²) in [5.74, 6) is 0. The van der Waals surface area contributed by atoms with Gasteiger partial charge in [-0.25, -0.2) is 0 Å². The smallest absolute Gasteiger partial charge is 0.150 e. The van der Waals surface area contributed by atoms with Gasteiger partial charge in [-0.2, -0.15) is 0 Å². The Hall–Kier alpha value is -2.45. The quantitative estimate of drug-likeness (QED) is 0.673. The minimum atomic E-state index is 0.265. The fourth-order valence-electron chi connectivity index (χ4n) is 3.39. The molecular formula is C23H25NO. The van der Waals surface area contributed by atoms with Crippen molar-refractivity contribution in [3.8, 4) is 0 Å². The number of benzene rings is 3. The van der Waals surface area contributed by atoms with Gasteiger partial charge in [-0.1, -0.05) is 73.7 Å². The fraction of sp³-hybridized carbons (Fsp3) is 0.261. The maximum absolute atomic E-state index is 10.4. The third-order valence-corrected chi connectivity index (χ3v) is 5.10. The second-order valence-corrected chi connectivity index (χ2v) is 6.53. The third kappa shape index (κ3) is 3.64. The molecule has 1 aliphatic rings. The van der Waals surface area contributed by atoms with E-state index in [0.717, 1.165) is 23.8 Å². The highest BCUT2D eigenvalue weighted by molar-refractivity contribution is 5.87. The number of hydrogen-bond donors (Lipinski definition) is 1. The first-order valence-corrected chi connectivity index (χ1v) is 8.94. The largest absolute Gasteiger partial charge is 0.310 e. The maximum atomic E-state index is 10.4. The number of carbonyl (C=O) groups is 1. The Morgan fingerprint density at radius 2 is 1.64 bits per heavy atom. The first-order chi connectivity index (χ1) is 12.2. The molecule has 1 N–H and O–H groups in total. The van der Waals surface area contributed by atoms with Crippen molar-refractivity contribution in [2.45, 2.75) is 31.7 Å². The highest BCUT2D eigenvalue weighted by Crippen LogP contribution is 2.47. The van der Waals surface area contributed by atoms with Crippen LogP contribution in [0.5, 0.6) is 0 Å². The Balaban J connectivity index is 0.000000160. The van der Waals surface area contributed by atoms with Crippen molar-refractivity contribution in [3.05, 3.63) is 83.4 Å². The summed E-state index contributed by atoms with van der Waals surface area (Å²) in [5.41, 5.74) is 3.66. The SMILES string of the molecule is CCc1ccccc1C=O.CNC1(c2cccc3ccccc23)CC1. The average molecular weight is 331 g/mol. The maximum Gasteiger partial charge on any atom is 0.150 e. The van der Waals surface area contributed by atoms with Gasteiger partial charge in [0.15, 0.2) is 0 Å². The molecule has 1 aliphatic carbocycles. The standard InChI is InChI=1S/C14H15N.C9H10O/c1-15-14(9-10-14)13-8-4-6-11-5-2-3-7-12(11)13;1-2-8-5-3-4-6-9(8)7-10/h2-8,15H,9-10H2,1H3;3-7H,2H2,1H3. The molecule has 0 radical (unpaired) electrons. The van der Waals surface area contributed by atoms with Gasteiger partial charge in [-0.15, -0.1) is 0 Å². The fourth-order valence-corrected chi connectivity index (χ4v) is 3.39. The molecule has 2 nitrogen and oxygen atoms in total. The van der Waals surface area contributed by atoms with Gasteiger partial charge in [0.1, 0.15) is 6.29 Å². The van der Waals surface area contributed by atoms with Gasteiger partial charge in [0.25, 0.3) is 0 Å². The van der Waals surface area contributed by atoms with E-state index in [1.165, 1.54) is 29.2 Å². The molecule has 4 rings (SSSR count). The number of fused-ring (bicyclic) bond motifs is 1. The van der Waals surface area contributed by atoms with Crippen molar-refractivity contribution >= 4 is 17.1 Å². The molecule has 0 amide bonds. The number of hydrogen-bond acceptors (Lipinski definition) is 2. The molecule has 0 aromatic heterocycles. The molecule has 1 saturated carbocycles. The topological polar surface area (TPSA) is 29.1 Å². The minimum absolute atomic E-state index is 0.265. The second-order valence-electron chi connectivity index (χ2n) is 6.53. The predicted molar refractivity (Wildman–Crippen MR) is 105 cm³/mol. The van der Waals surface area contributed by atoms with Gasteiger partial charge in [0.2, 0.25) is 0 Å². The zero-order valence-electron chi connectivity index (χ0n) is 15.0. The van der Waals surface area contributed by atoms with Gasteiger partial charge < -0.3 is 5.32 Å². The normalized spacial score (nSPS) is 14.5. The summed E-state index contributed by atoms with van der Waals surface area (Å²) >= 11 is 0. The van der Waals surface area contributed by atoms with E-state index in [1.807, 2.05) is 31.2 Å². The van der Waals surface area contributed by atoms with Crippen LogP contribution in [0.25, 0.3) is 10.8 Å². The van der Waals surface area contributed by atoms with E-state index < -0.39 is 0 Å². The lowest BCUT2D eigenvalue weighted by Gasteiger charge is -2.17. The zero-order valence-corrected chi connectivity index (χ0v) is 15.0. The van der Waals surface area contributed by atoms with Crippen LogP contribution < -0.4 is 5.32 Å². The van der Waals surface area contributed by atoms with E-state index in [0.29, 0.717) is 0 Å². The van der Waals surface area contributed by atoms with Gasteiger partial charge in [0, 0.05) is 11.1 Å². The summed E-state index contributed by atoms with van der Waals surface area (Å²) in [6.45, 7) is 2.04. The second kappa shape index (κ2) is 7.62. The van der Waals surface area contributed by atoms with Crippen LogP contribution >= 0.6 is 0 Å². The zero-order chi connectivity index (χ0) is 17.7. The number of nitrogens with one attached hydrogen (secondary N) is 1. The lowest BCUT2D eigenvalue weighted by atomic mass is 9.97. The highest BCUT2D eigenvalue weighted by atomic mass is 16.1. The van der Waals surface area contributed by atoms with Crippen LogP contribution in [-0.4, -0.2) is 13.3 Å². The molecule has 0 aliphatic heterocycles. The van der Waals surface area contributed by atoms with E-state index in [1.54, 1.807) is 0 Å². The van der Waals surface area contributed by atoms with E-state index >= 15 is 0 Å². The lowest BCUT2D eigenvalue weighted by Crippen LogP contribution is -2.24. The van der Waals surface area contributed by atoms with E-state index in [2.05, 4.69) is 54.8 Å². The molecule has 2 heteroatoms. The molecule has 0 heterocycles. The average Bonchev–Trinajstić information content (AvgIpc) is 3.49. The first kappa shape index (κ1) is 17.4. The van der Waals surface area contributed by atoms with Gasteiger partial charge >= 0.3 is 0 Å². The summed E-state index contributed by atoms with van der Waals surface area (Å²) in [6.07, 6.45) is 4.35. The monoisotopic (exact) mass is 331 g/mol. The highest BCUT2D eigenvalue weighted by Gasteiger charge is 2.43. The predicted octanol–water partition coefficient (Wildman–Crippen LogP) is 5.11. The molecule has 3 aromatic rings. The molecular weight excluding hydrogens is 306 g/mol. The number of aldehydes is 1. The van der Waals surface area contributed by atoms with Crippen LogP contribution in [0.3, 0.4) is 0 Å². The summed E-state index contributed by atoms with van der Waals surface area (Å²) < 4.78 is 0. The van der Waals surface area contributed by atoms with Crippen molar-refractivity contribution in [1.82, 2.24) is 5.32 Å². The van der Waals surface area contributed by atoms with Crippen LogP contribution in [-0.2, 0) is 12.0 Å². The van der Waals surface area contributed by atoms with Crippen LogP contribution in [0, 0.1) is 0 Å². The third-order valence-electron chi connectivity index (χ3n) is 5.10. The minimum Gasteiger partial charge on any atom is -0.310 e. The lowest BCUT2D eigenvalue weighted by molar-refractivity contribution is 0.112. The molecule has 0 saturated heterocycles. The van der Waals surface area contributed by atoms with Crippen LogP contribution in [0.2, 0.25) is 0 Å². The van der Waals surface area contributed by atoms with E-state index in [9.17, 15) is 4.79 Å². The van der Waals surface area contributed by atoms with Crippen molar-refractivity contribution in [1.29, 1.82) is 0 Å². The van der Waals surface area contributed by atoms with Crippen LogP contribution in [0.15, 0.2) is 66.7 Å². The van der Waals surface area contributed by atoms with Crippen molar-refractivity contribution < 1.29 is 4.79 Å². The molecule has 0 unspecified atom stereocenters. The summed E-state index contributed by atoms with van der Waals surface area (Å²) in [5, 5.41) is 6.20. The molecule has 0 atom stereocenters. The van der Waals surface area contributed by atoms with Gasteiger partial charge in [-0.3, -0.25) is 4.79 Å². The Bertz CT molecular complexity index is 859. The number of aryl methyl sites for hydroxylation is 1. The molecule has 0 bridgehead atoms. The van der Waals surface area contributed by atoms with Crippen LogP contribution in [0.1, 0.15) is 41.3 Å². The first-order valence-electron chi connectivity index (χ1n) is 8.94. The van der Waals surface area contributed by atoms with E-state index in [-0.39, 0.29) is 5.54 Å². The van der Waals surface area contributed by atoms with E-state index in [4.69, 9.17) is 0 Å². The Kier molecular flexibility index (Phi) is 5.30. The summed E-state index contributed by atoms with van der Waals surface area (Å²) in [4.78, 5) is 10.4. The Labute approximate surface area is 149 Å². The van der Waals surface area contributed by atoms with Gasteiger partial charge in [-0.05, 0) is 48.2 Å². The molecule has 1 fully saturated rings.